The van der Waals surface area contributed by atoms with Gasteiger partial charge in [0.15, 0.2) is 5.65 Å². The summed E-state index contributed by atoms with van der Waals surface area (Å²) in [6, 6.07) is 14.4. The second kappa shape index (κ2) is 8.60. The van der Waals surface area contributed by atoms with Crippen LogP contribution in [-0.4, -0.2) is 46.2 Å². The summed E-state index contributed by atoms with van der Waals surface area (Å²) in [5.74, 6) is 0.449. The van der Waals surface area contributed by atoms with Crippen molar-refractivity contribution in [1.82, 2.24) is 24.6 Å². The standard InChI is InChI=1S/C26H28N6O3/c1-3-31-24(33)22-14-28-25(29-20-8-7-18-13-27-10-9-17(18)11-20)30-23(22)32(31)21-6-4-5-19(12-21)26(34-2)15-35-16-26/h4-8,11-12,14,27H,3,9-10,13,15-16H2,1-2H3,(H,28,29,30). The van der Waals surface area contributed by atoms with Gasteiger partial charge in [-0.3, -0.25) is 4.79 Å². The van der Waals surface area contributed by atoms with Crippen molar-refractivity contribution in [3.05, 3.63) is 75.7 Å². The van der Waals surface area contributed by atoms with Crippen LogP contribution in [0.3, 0.4) is 0 Å². The van der Waals surface area contributed by atoms with E-state index in [2.05, 4.69) is 27.8 Å². The van der Waals surface area contributed by atoms with Crippen LogP contribution in [0.2, 0.25) is 0 Å². The normalized spacial score (nSPS) is 16.6. The summed E-state index contributed by atoms with van der Waals surface area (Å²) in [4.78, 5) is 22.4. The highest BCUT2D eigenvalue weighted by Gasteiger charge is 2.40. The predicted octanol–water partition coefficient (Wildman–Crippen LogP) is 2.86. The number of methoxy groups -OCH3 is 1. The van der Waals surface area contributed by atoms with E-state index in [1.54, 1.807) is 18.0 Å². The number of fused-ring (bicyclic) bond motifs is 2. The van der Waals surface area contributed by atoms with E-state index in [0.29, 0.717) is 36.7 Å². The number of nitrogens with one attached hydrogen (secondary N) is 2. The first-order valence-corrected chi connectivity index (χ1v) is 11.9. The maximum Gasteiger partial charge on any atom is 0.278 e. The van der Waals surface area contributed by atoms with Crippen LogP contribution in [0.4, 0.5) is 11.6 Å². The first-order chi connectivity index (χ1) is 17.1. The van der Waals surface area contributed by atoms with Gasteiger partial charge in [0.25, 0.3) is 5.56 Å². The topological polar surface area (TPSA) is 95.2 Å². The molecule has 2 aliphatic heterocycles. The molecule has 180 valence electrons. The highest BCUT2D eigenvalue weighted by molar-refractivity contribution is 5.77. The summed E-state index contributed by atoms with van der Waals surface area (Å²) < 4.78 is 14.8. The van der Waals surface area contributed by atoms with Gasteiger partial charge in [0.05, 0.1) is 18.9 Å². The zero-order chi connectivity index (χ0) is 24.0. The number of benzene rings is 2. The molecule has 9 nitrogen and oxygen atoms in total. The van der Waals surface area contributed by atoms with E-state index in [0.717, 1.165) is 36.4 Å². The molecular formula is C26H28N6O3. The lowest BCUT2D eigenvalue weighted by Crippen LogP contribution is -2.48. The van der Waals surface area contributed by atoms with E-state index in [-0.39, 0.29) is 5.56 Å². The molecule has 35 heavy (non-hydrogen) atoms. The maximum absolute atomic E-state index is 13.2. The van der Waals surface area contributed by atoms with Crippen molar-refractivity contribution in [2.75, 3.05) is 32.2 Å². The van der Waals surface area contributed by atoms with Crippen molar-refractivity contribution in [3.8, 4) is 5.69 Å². The van der Waals surface area contributed by atoms with Gasteiger partial charge in [0.1, 0.15) is 11.0 Å². The van der Waals surface area contributed by atoms with E-state index in [1.165, 1.54) is 11.1 Å². The maximum atomic E-state index is 13.2. The molecule has 0 aliphatic carbocycles. The second-order valence-corrected chi connectivity index (χ2v) is 9.04. The van der Waals surface area contributed by atoms with Crippen LogP contribution < -0.4 is 16.2 Å². The lowest BCUT2D eigenvalue weighted by molar-refractivity contribution is -0.202. The van der Waals surface area contributed by atoms with Crippen LogP contribution >= 0.6 is 0 Å². The molecule has 0 atom stereocenters. The molecule has 4 aromatic rings. The highest BCUT2D eigenvalue weighted by Crippen LogP contribution is 2.34. The van der Waals surface area contributed by atoms with E-state index in [9.17, 15) is 4.79 Å². The molecule has 2 aromatic carbocycles. The molecule has 2 aromatic heterocycles. The van der Waals surface area contributed by atoms with Gasteiger partial charge in [0, 0.05) is 32.1 Å². The molecule has 0 bridgehead atoms. The van der Waals surface area contributed by atoms with Crippen molar-refractivity contribution in [2.24, 2.45) is 0 Å². The van der Waals surface area contributed by atoms with Crippen molar-refractivity contribution in [3.63, 3.8) is 0 Å². The Balaban J connectivity index is 1.43. The summed E-state index contributed by atoms with van der Waals surface area (Å²) in [5, 5.41) is 7.21. The Labute approximate surface area is 202 Å². The van der Waals surface area contributed by atoms with E-state index in [4.69, 9.17) is 14.5 Å². The molecule has 9 heteroatoms. The van der Waals surface area contributed by atoms with E-state index in [1.807, 2.05) is 41.9 Å². The highest BCUT2D eigenvalue weighted by atomic mass is 16.6. The summed E-state index contributed by atoms with van der Waals surface area (Å²) in [5.41, 5.74) is 5.41. The molecule has 1 fully saturated rings. The fourth-order valence-corrected chi connectivity index (χ4v) is 4.93. The van der Waals surface area contributed by atoms with E-state index >= 15 is 0 Å². The summed E-state index contributed by atoms with van der Waals surface area (Å²) in [6.45, 7) is 5.33. The first-order valence-electron chi connectivity index (χ1n) is 11.9. The van der Waals surface area contributed by atoms with Crippen LogP contribution in [0.5, 0.6) is 0 Å². The first kappa shape index (κ1) is 22.0. The lowest BCUT2D eigenvalue weighted by Gasteiger charge is -2.40. The van der Waals surface area contributed by atoms with Crippen LogP contribution in [0, 0.1) is 0 Å². The van der Waals surface area contributed by atoms with Crippen molar-refractivity contribution in [1.29, 1.82) is 0 Å². The molecule has 2 aliphatic rings. The summed E-state index contributed by atoms with van der Waals surface area (Å²) in [6.07, 6.45) is 2.60. The van der Waals surface area contributed by atoms with Crippen LogP contribution in [0.15, 0.2) is 53.5 Å². The van der Waals surface area contributed by atoms with Crippen molar-refractivity contribution < 1.29 is 9.47 Å². The Kier molecular flexibility index (Phi) is 5.40. The largest absolute Gasteiger partial charge is 0.375 e. The average molecular weight is 473 g/mol. The number of ether oxygens (including phenoxy) is 2. The third-order valence-corrected chi connectivity index (χ3v) is 7.00. The zero-order valence-corrected chi connectivity index (χ0v) is 19.9. The minimum atomic E-state index is -0.458. The Morgan fingerprint density at radius 1 is 1.20 bits per heavy atom. The molecule has 4 heterocycles. The second-order valence-electron chi connectivity index (χ2n) is 9.04. The van der Waals surface area contributed by atoms with Gasteiger partial charge >= 0.3 is 0 Å². The van der Waals surface area contributed by atoms with Gasteiger partial charge in [-0.2, -0.15) is 4.98 Å². The number of aromatic nitrogens is 4. The Morgan fingerprint density at radius 3 is 2.86 bits per heavy atom. The molecule has 0 saturated carbocycles. The summed E-state index contributed by atoms with van der Waals surface area (Å²) in [7, 11) is 1.70. The molecule has 0 radical (unpaired) electrons. The van der Waals surface area contributed by atoms with Gasteiger partial charge in [-0.1, -0.05) is 18.2 Å². The van der Waals surface area contributed by atoms with Gasteiger partial charge in [-0.05, 0) is 60.8 Å². The summed E-state index contributed by atoms with van der Waals surface area (Å²) >= 11 is 0. The predicted molar refractivity (Wildman–Crippen MR) is 133 cm³/mol. The number of hydrogen-bond acceptors (Lipinski definition) is 7. The monoisotopic (exact) mass is 472 g/mol. The molecule has 6 rings (SSSR count). The number of anilines is 2. The quantitative estimate of drug-likeness (QED) is 0.446. The van der Waals surface area contributed by atoms with Crippen LogP contribution in [0.25, 0.3) is 16.7 Å². The molecule has 0 amide bonds. The SMILES string of the molecule is CCn1c(=O)c2cnc(Nc3ccc4c(c3)CCNC4)nc2n1-c1cccc(C2(OC)COC2)c1. The zero-order valence-electron chi connectivity index (χ0n) is 19.9. The lowest BCUT2D eigenvalue weighted by atomic mass is 9.91. The molecule has 1 saturated heterocycles. The van der Waals surface area contributed by atoms with Crippen molar-refractivity contribution in [2.45, 2.75) is 32.0 Å². The average Bonchev–Trinajstić information content (AvgIpc) is 3.14. The third kappa shape index (κ3) is 3.63. The van der Waals surface area contributed by atoms with Gasteiger partial charge in [-0.25, -0.2) is 14.3 Å². The Bertz CT molecular complexity index is 1460. The number of rotatable bonds is 6. The molecule has 0 unspecified atom stereocenters. The molecular weight excluding hydrogens is 444 g/mol. The van der Waals surface area contributed by atoms with Gasteiger partial charge in [-0.15, -0.1) is 0 Å². The van der Waals surface area contributed by atoms with Gasteiger partial charge < -0.3 is 20.1 Å². The Hall–Kier alpha value is -3.53. The van der Waals surface area contributed by atoms with Crippen molar-refractivity contribution >= 4 is 22.7 Å². The van der Waals surface area contributed by atoms with Crippen LogP contribution in [0.1, 0.15) is 23.6 Å². The minimum Gasteiger partial charge on any atom is -0.375 e. The minimum absolute atomic E-state index is 0.117. The molecule has 0 spiro atoms. The van der Waals surface area contributed by atoms with Gasteiger partial charge in [0.2, 0.25) is 5.95 Å². The number of hydrogen-bond donors (Lipinski definition) is 2. The third-order valence-electron chi connectivity index (χ3n) is 7.00. The van der Waals surface area contributed by atoms with Crippen LogP contribution in [-0.2, 0) is 34.6 Å². The fraction of sp³-hybridized carbons (Fsp3) is 0.346. The Morgan fingerprint density at radius 2 is 2.09 bits per heavy atom. The smallest absolute Gasteiger partial charge is 0.278 e. The fourth-order valence-electron chi connectivity index (χ4n) is 4.93. The van der Waals surface area contributed by atoms with E-state index < -0.39 is 5.60 Å². The number of nitrogens with zero attached hydrogens (tertiary/aromatic N) is 4. The molecule has 2 N–H and O–H groups in total.